The molecule has 4 aliphatic carbocycles. The van der Waals surface area contributed by atoms with Crippen LogP contribution in [0.5, 0.6) is 0 Å². The van der Waals surface area contributed by atoms with Crippen LogP contribution >= 0.6 is 0 Å². The zero-order valence-corrected chi connectivity index (χ0v) is 23.8. The molecule has 0 radical (unpaired) electrons. The van der Waals surface area contributed by atoms with Crippen molar-refractivity contribution in [2.24, 2.45) is 5.92 Å². The normalized spacial score (nSPS) is 27.1. The molecule has 220 valence electrons. The minimum Gasteiger partial charge on any atom is -0.378 e. The topological polar surface area (TPSA) is 151 Å². The summed E-state index contributed by atoms with van der Waals surface area (Å²) < 4.78 is 28.6. The van der Waals surface area contributed by atoms with Gasteiger partial charge in [-0.05, 0) is 50.9 Å². The number of hydrogen-bond acceptors (Lipinski definition) is 13. The first-order valence-electron chi connectivity index (χ1n) is 14.7. The lowest BCUT2D eigenvalue weighted by Gasteiger charge is -2.27. The van der Waals surface area contributed by atoms with Gasteiger partial charge in [-0.2, -0.15) is 29.9 Å². The number of nitrogens with one attached hydrogen (secondary N) is 2. The van der Waals surface area contributed by atoms with E-state index in [2.05, 4.69) is 47.4 Å². The summed E-state index contributed by atoms with van der Waals surface area (Å²) in [6.45, 7) is 5.98. The van der Waals surface area contributed by atoms with Gasteiger partial charge < -0.3 is 25.2 Å². The standard InChI is InChI=1S/C14H21N5O.C12H17N5O2S.2H2/c1-9-8-11(9)12-16-13(15-10-2-3-10)18-14(17-12)19-4-6-20-7-5-19;18-20(19)6-5-17(7-20)12-15-10(8-1-2-8)14-11(16-12)13-9-3-4-9;;/h9-11H,2-8H2,1H3,(H,15,16,17,18);8-9H,1-7H2,(H,13,14,15,16);2*1H. The van der Waals surface area contributed by atoms with Crippen molar-refractivity contribution in [3.63, 3.8) is 0 Å². The molecule has 6 aliphatic rings. The van der Waals surface area contributed by atoms with Crippen molar-refractivity contribution in [3.05, 3.63) is 11.6 Å². The molecule has 2 N–H and O–H groups in total. The van der Waals surface area contributed by atoms with Gasteiger partial charge in [-0.1, -0.05) is 6.92 Å². The molecule has 0 bridgehead atoms. The van der Waals surface area contributed by atoms with E-state index in [1.807, 2.05) is 0 Å². The smallest absolute Gasteiger partial charge is 0.231 e. The van der Waals surface area contributed by atoms with Crippen LogP contribution in [0.4, 0.5) is 23.8 Å². The summed E-state index contributed by atoms with van der Waals surface area (Å²) in [6.07, 6.45) is 8.20. The van der Waals surface area contributed by atoms with Gasteiger partial charge in [0.1, 0.15) is 17.5 Å². The van der Waals surface area contributed by atoms with Crippen LogP contribution in [0.15, 0.2) is 0 Å². The minimum absolute atomic E-state index is 0. The van der Waals surface area contributed by atoms with Crippen molar-refractivity contribution in [1.82, 2.24) is 29.9 Å². The molecule has 4 saturated carbocycles. The van der Waals surface area contributed by atoms with E-state index in [0.717, 1.165) is 75.5 Å². The van der Waals surface area contributed by atoms with Gasteiger partial charge in [-0.3, -0.25) is 0 Å². The Morgan fingerprint density at radius 2 is 1.35 bits per heavy atom. The molecular formula is C26H42N10O3S. The Morgan fingerprint density at radius 1 is 0.775 bits per heavy atom. The Bertz CT molecular complexity index is 1350. The third-order valence-electron chi connectivity index (χ3n) is 8.09. The molecule has 0 aromatic carbocycles. The lowest BCUT2D eigenvalue weighted by molar-refractivity contribution is 0.122. The first kappa shape index (κ1) is 26.1. The highest BCUT2D eigenvalue weighted by atomic mass is 32.2. The Labute approximate surface area is 237 Å². The molecule has 40 heavy (non-hydrogen) atoms. The average molecular weight is 575 g/mol. The number of morpholine rings is 1. The van der Waals surface area contributed by atoms with Crippen LogP contribution in [0.25, 0.3) is 0 Å². The average Bonchev–Trinajstić information content (AvgIpc) is 3.76. The number of anilines is 4. The lowest BCUT2D eigenvalue weighted by atomic mass is 10.3. The monoisotopic (exact) mass is 574 g/mol. The molecular weight excluding hydrogens is 532 g/mol. The summed E-state index contributed by atoms with van der Waals surface area (Å²) in [4.78, 5) is 31.2. The summed E-state index contributed by atoms with van der Waals surface area (Å²) >= 11 is 0. The van der Waals surface area contributed by atoms with E-state index in [1.54, 1.807) is 4.90 Å². The van der Waals surface area contributed by atoms with Crippen molar-refractivity contribution in [2.45, 2.75) is 75.8 Å². The summed E-state index contributed by atoms with van der Waals surface area (Å²) in [5.41, 5.74) is 0. The molecule has 2 unspecified atom stereocenters. The van der Waals surface area contributed by atoms with E-state index in [-0.39, 0.29) is 14.5 Å². The largest absolute Gasteiger partial charge is 0.378 e. The molecule has 2 aromatic rings. The van der Waals surface area contributed by atoms with Gasteiger partial charge in [0.05, 0.1) is 19.0 Å². The van der Waals surface area contributed by atoms with E-state index in [0.29, 0.717) is 48.3 Å². The third kappa shape index (κ3) is 6.54. The fourth-order valence-corrected chi connectivity index (χ4v) is 6.25. The molecule has 13 nitrogen and oxygen atoms in total. The van der Waals surface area contributed by atoms with Crippen molar-refractivity contribution >= 4 is 33.6 Å². The van der Waals surface area contributed by atoms with Crippen molar-refractivity contribution in [1.29, 1.82) is 0 Å². The molecule has 6 fully saturated rings. The van der Waals surface area contributed by atoms with Crippen molar-refractivity contribution in [2.75, 3.05) is 64.9 Å². The molecule has 2 atom stereocenters. The van der Waals surface area contributed by atoms with E-state index in [1.165, 1.54) is 19.3 Å². The first-order chi connectivity index (χ1) is 19.4. The fraction of sp³-hybridized carbons (Fsp3) is 0.769. The minimum atomic E-state index is -2.98. The lowest BCUT2D eigenvalue weighted by Crippen LogP contribution is -2.37. The maximum absolute atomic E-state index is 11.6. The molecule has 2 aromatic heterocycles. The predicted molar refractivity (Wildman–Crippen MR) is 155 cm³/mol. The highest BCUT2D eigenvalue weighted by Gasteiger charge is 2.38. The second kappa shape index (κ2) is 10.5. The van der Waals surface area contributed by atoms with Gasteiger partial charge in [0.2, 0.25) is 23.8 Å². The molecule has 0 amide bonds. The third-order valence-corrected chi connectivity index (χ3v) is 9.60. The van der Waals surface area contributed by atoms with E-state index in [4.69, 9.17) is 9.72 Å². The van der Waals surface area contributed by atoms with Crippen LogP contribution in [0.3, 0.4) is 0 Å². The van der Waals surface area contributed by atoms with Gasteiger partial charge in [-0.15, -0.1) is 0 Å². The summed E-state index contributed by atoms with van der Waals surface area (Å²) in [7, 11) is -2.98. The highest BCUT2D eigenvalue weighted by molar-refractivity contribution is 7.91. The predicted octanol–water partition coefficient (Wildman–Crippen LogP) is 2.41. The quantitative estimate of drug-likeness (QED) is 0.475. The first-order valence-corrected chi connectivity index (χ1v) is 16.5. The van der Waals surface area contributed by atoms with E-state index in [9.17, 15) is 8.42 Å². The van der Waals surface area contributed by atoms with Crippen LogP contribution in [0.1, 0.15) is 78.2 Å². The second-order valence-corrected chi connectivity index (χ2v) is 14.2. The van der Waals surface area contributed by atoms with Crippen LogP contribution in [-0.4, -0.2) is 94.9 Å². The highest BCUT2D eigenvalue weighted by Crippen LogP contribution is 2.46. The summed E-state index contributed by atoms with van der Waals surface area (Å²) in [5, 5.41) is 6.70. The Balaban J connectivity index is 0.000000160. The zero-order chi connectivity index (χ0) is 27.3. The Kier molecular flexibility index (Phi) is 6.85. The molecule has 0 spiro atoms. The number of aromatic nitrogens is 6. The van der Waals surface area contributed by atoms with E-state index >= 15 is 0 Å². The molecule has 8 rings (SSSR count). The van der Waals surface area contributed by atoms with Crippen LogP contribution in [0.2, 0.25) is 0 Å². The van der Waals surface area contributed by atoms with Gasteiger partial charge in [0, 0.05) is 46.4 Å². The van der Waals surface area contributed by atoms with Crippen molar-refractivity contribution < 1.29 is 16.0 Å². The number of nitrogens with zero attached hydrogens (tertiary/aromatic N) is 8. The van der Waals surface area contributed by atoms with E-state index < -0.39 is 9.84 Å². The maximum Gasteiger partial charge on any atom is 0.231 e. The molecule has 2 aliphatic heterocycles. The van der Waals surface area contributed by atoms with Gasteiger partial charge in [0.25, 0.3) is 0 Å². The van der Waals surface area contributed by atoms with Crippen LogP contribution in [-0.2, 0) is 14.6 Å². The van der Waals surface area contributed by atoms with Crippen LogP contribution < -0.4 is 20.4 Å². The summed E-state index contributed by atoms with van der Waals surface area (Å²) in [6, 6.07) is 1.04. The summed E-state index contributed by atoms with van der Waals surface area (Å²) in [5.74, 6) is 6.33. The zero-order valence-electron chi connectivity index (χ0n) is 23.0. The fourth-order valence-electron chi connectivity index (χ4n) is 4.90. The van der Waals surface area contributed by atoms with Gasteiger partial charge in [0.15, 0.2) is 9.84 Å². The molecule has 14 heteroatoms. The van der Waals surface area contributed by atoms with Gasteiger partial charge >= 0.3 is 0 Å². The Hall–Kier alpha value is -2.87. The second-order valence-electron chi connectivity index (χ2n) is 12.0. The number of rotatable bonds is 8. The number of ether oxygens (including phenoxy) is 1. The SMILES string of the molecule is CC1CC1c1nc(NC2CC2)nc(N2CCOCC2)n1.O=S1(=O)CCN(c2nc(NC3CC3)nc(C3CC3)n2)C1.[HH].[HH]. The maximum atomic E-state index is 11.6. The van der Waals surface area contributed by atoms with Crippen molar-refractivity contribution in [3.8, 4) is 0 Å². The van der Waals surface area contributed by atoms with Gasteiger partial charge in [-0.25, -0.2) is 8.42 Å². The number of sulfone groups is 1. The Morgan fingerprint density at radius 3 is 1.88 bits per heavy atom. The van der Waals surface area contributed by atoms with Crippen LogP contribution in [0, 0.1) is 5.92 Å². The molecule has 4 heterocycles. The molecule has 2 saturated heterocycles. The number of hydrogen-bond donors (Lipinski definition) is 2.